The highest BCUT2D eigenvalue weighted by Crippen LogP contribution is 2.19. The van der Waals surface area contributed by atoms with Crippen molar-refractivity contribution in [2.45, 2.75) is 44.4 Å². The largest absolute Gasteiger partial charge is 0.353 e. The van der Waals surface area contributed by atoms with E-state index in [2.05, 4.69) is 0 Å². The molecular formula is C11H19NO3. The van der Waals surface area contributed by atoms with E-state index in [0.717, 1.165) is 25.9 Å². The van der Waals surface area contributed by atoms with Crippen molar-refractivity contribution >= 4 is 5.91 Å². The fraction of sp³-hybridized carbons (Fsp3) is 0.909. The molecule has 2 aliphatic heterocycles. The van der Waals surface area contributed by atoms with E-state index >= 15 is 0 Å². The van der Waals surface area contributed by atoms with Crippen LogP contribution in [0.15, 0.2) is 0 Å². The van der Waals surface area contributed by atoms with Crippen molar-refractivity contribution in [1.29, 1.82) is 0 Å². The molecule has 15 heavy (non-hydrogen) atoms. The summed E-state index contributed by atoms with van der Waals surface area (Å²) in [6, 6.07) is 0.253. The lowest BCUT2D eigenvalue weighted by molar-refractivity contribution is -0.169. The van der Waals surface area contributed by atoms with Gasteiger partial charge in [0.05, 0.1) is 12.6 Å². The Morgan fingerprint density at radius 3 is 2.93 bits per heavy atom. The van der Waals surface area contributed by atoms with Gasteiger partial charge in [-0.25, -0.2) is 0 Å². The molecule has 1 amide bonds. The maximum Gasteiger partial charge on any atom is 0.222 e. The predicted molar refractivity (Wildman–Crippen MR) is 55.3 cm³/mol. The van der Waals surface area contributed by atoms with Crippen LogP contribution in [-0.4, -0.2) is 43.4 Å². The highest BCUT2D eigenvalue weighted by atomic mass is 16.7. The van der Waals surface area contributed by atoms with E-state index in [9.17, 15) is 4.79 Å². The summed E-state index contributed by atoms with van der Waals surface area (Å²) in [5.41, 5.74) is 0. The number of likely N-dealkylation sites (N-methyl/N-ethyl adjacent to an activating group) is 1. The number of ether oxygens (including phenoxy) is 2. The number of likely N-dealkylation sites (tertiary alicyclic amines) is 1. The molecule has 0 aromatic rings. The van der Waals surface area contributed by atoms with Gasteiger partial charge in [0.25, 0.3) is 0 Å². The third kappa shape index (κ3) is 2.69. The Bertz CT molecular complexity index is 226. The number of nitrogens with zero attached hydrogens (tertiary/aromatic N) is 1. The zero-order valence-corrected chi connectivity index (χ0v) is 9.28. The predicted octanol–water partition coefficient (Wildman–Crippen LogP) is 1.15. The minimum absolute atomic E-state index is 0.0390. The first kappa shape index (κ1) is 10.9. The van der Waals surface area contributed by atoms with Gasteiger partial charge in [-0.3, -0.25) is 4.79 Å². The molecule has 2 aliphatic rings. The molecule has 86 valence electrons. The minimum Gasteiger partial charge on any atom is -0.353 e. The highest BCUT2D eigenvalue weighted by Gasteiger charge is 2.28. The molecule has 4 nitrogen and oxygen atoms in total. The number of hydrogen-bond acceptors (Lipinski definition) is 3. The topological polar surface area (TPSA) is 38.8 Å². The summed E-state index contributed by atoms with van der Waals surface area (Å²) in [5.74, 6) is 0.230. The summed E-state index contributed by atoms with van der Waals surface area (Å²) in [6.07, 6.45) is 4.86. The molecule has 0 N–H and O–H groups in total. The summed E-state index contributed by atoms with van der Waals surface area (Å²) >= 11 is 0. The second-order valence-electron chi connectivity index (χ2n) is 4.33. The van der Waals surface area contributed by atoms with Crippen molar-refractivity contribution in [3.05, 3.63) is 0 Å². The zero-order chi connectivity index (χ0) is 10.7. The Morgan fingerprint density at radius 1 is 1.47 bits per heavy atom. The second-order valence-corrected chi connectivity index (χ2v) is 4.33. The normalized spacial score (nSPS) is 32.3. The molecule has 0 aromatic carbocycles. The molecule has 2 rings (SSSR count). The molecule has 2 saturated heterocycles. The van der Waals surface area contributed by atoms with Crippen LogP contribution in [0.25, 0.3) is 0 Å². The van der Waals surface area contributed by atoms with Crippen LogP contribution in [0.5, 0.6) is 0 Å². The van der Waals surface area contributed by atoms with Crippen molar-refractivity contribution in [2.75, 3.05) is 20.3 Å². The van der Waals surface area contributed by atoms with E-state index in [-0.39, 0.29) is 18.2 Å². The quantitative estimate of drug-likeness (QED) is 0.706. The van der Waals surface area contributed by atoms with Crippen LogP contribution in [0.2, 0.25) is 0 Å². The molecule has 0 radical (unpaired) electrons. The van der Waals surface area contributed by atoms with Gasteiger partial charge in [0.2, 0.25) is 5.91 Å². The number of carbonyl (C=O) groups excluding carboxylic acids is 1. The number of rotatable bonds is 3. The number of amides is 1. The second kappa shape index (κ2) is 4.94. The van der Waals surface area contributed by atoms with Crippen molar-refractivity contribution in [1.82, 2.24) is 4.90 Å². The molecule has 2 atom stereocenters. The average Bonchev–Trinajstić information content (AvgIpc) is 2.59. The Kier molecular flexibility index (Phi) is 3.59. The summed E-state index contributed by atoms with van der Waals surface area (Å²) in [5, 5.41) is 0. The SMILES string of the molecule is CN1C(=O)CC[C@H]1COC1CCCCO1. The smallest absolute Gasteiger partial charge is 0.222 e. The maximum absolute atomic E-state index is 11.3. The molecule has 0 spiro atoms. The van der Waals surface area contributed by atoms with Crippen molar-refractivity contribution < 1.29 is 14.3 Å². The van der Waals surface area contributed by atoms with E-state index in [4.69, 9.17) is 9.47 Å². The van der Waals surface area contributed by atoms with Crippen LogP contribution in [0.4, 0.5) is 0 Å². The van der Waals surface area contributed by atoms with Crippen LogP contribution in [-0.2, 0) is 14.3 Å². The van der Waals surface area contributed by atoms with Crippen LogP contribution >= 0.6 is 0 Å². The molecule has 1 unspecified atom stereocenters. The van der Waals surface area contributed by atoms with Gasteiger partial charge in [0.1, 0.15) is 0 Å². The van der Waals surface area contributed by atoms with E-state index in [1.165, 1.54) is 6.42 Å². The molecule has 0 bridgehead atoms. The summed E-state index contributed by atoms with van der Waals surface area (Å²) in [4.78, 5) is 13.1. The van der Waals surface area contributed by atoms with Crippen molar-refractivity contribution in [2.24, 2.45) is 0 Å². The summed E-state index contributed by atoms with van der Waals surface area (Å²) < 4.78 is 11.1. The molecule has 0 saturated carbocycles. The molecule has 0 aliphatic carbocycles. The lowest BCUT2D eigenvalue weighted by Gasteiger charge is -2.26. The molecule has 2 heterocycles. The highest BCUT2D eigenvalue weighted by molar-refractivity contribution is 5.78. The monoisotopic (exact) mass is 213 g/mol. The maximum atomic E-state index is 11.3. The van der Waals surface area contributed by atoms with Crippen LogP contribution in [0.1, 0.15) is 32.1 Å². The number of carbonyl (C=O) groups is 1. The first-order valence-electron chi connectivity index (χ1n) is 5.76. The number of hydrogen-bond donors (Lipinski definition) is 0. The summed E-state index contributed by atoms with van der Waals surface area (Å²) in [6.45, 7) is 1.43. The lowest BCUT2D eigenvalue weighted by Crippen LogP contribution is -2.35. The third-order valence-corrected chi connectivity index (χ3v) is 3.24. The van der Waals surface area contributed by atoms with Gasteiger partial charge in [-0.05, 0) is 25.7 Å². The fourth-order valence-electron chi connectivity index (χ4n) is 2.12. The van der Waals surface area contributed by atoms with Gasteiger partial charge in [0.15, 0.2) is 6.29 Å². The first-order valence-corrected chi connectivity index (χ1v) is 5.76. The zero-order valence-electron chi connectivity index (χ0n) is 9.28. The fourth-order valence-corrected chi connectivity index (χ4v) is 2.12. The Morgan fingerprint density at radius 2 is 2.33 bits per heavy atom. The average molecular weight is 213 g/mol. The summed E-state index contributed by atoms with van der Waals surface area (Å²) in [7, 11) is 1.85. The van der Waals surface area contributed by atoms with Gasteiger partial charge in [-0.2, -0.15) is 0 Å². The third-order valence-electron chi connectivity index (χ3n) is 3.24. The Hall–Kier alpha value is -0.610. The lowest BCUT2D eigenvalue weighted by atomic mass is 10.2. The molecule has 0 aromatic heterocycles. The minimum atomic E-state index is -0.0390. The van der Waals surface area contributed by atoms with Gasteiger partial charge in [0, 0.05) is 20.1 Å². The molecular weight excluding hydrogens is 194 g/mol. The van der Waals surface area contributed by atoms with E-state index in [0.29, 0.717) is 13.0 Å². The van der Waals surface area contributed by atoms with E-state index in [1.54, 1.807) is 4.90 Å². The first-order chi connectivity index (χ1) is 7.27. The molecule has 2 fully saturated rings. The molecule has 4 heteroatoms. The Balaban J connectivity index is 1.71. The van der Waals surface area contributed by atoms with Crippen molar-refractivity contribution in [3.8, 4) is 0 Å². The van der Waals surface area contributed by atoms with Gasteiger partial charge in [-0.1, -0.05) is 0 Å². The van der Waals surface area contributed by atoms with Gasteiger partial charge < -0.3 is 14.4 Å². The van der Waals surface area contributed by atoms with E-state index in [1.807, 2.05) is 7.05 Å². The van der Waals surface area contributed by atoms with Gasteiger partial charge >= 0.3 is 0 Å². The van der Waals surface area contributed by atoms with E-state index < -0.39 is 0 Å². The van der Waals surface area contributed by atoms with Crippen LogP contribution in [0.3, 0.4) is 0 Å². The van der Waals surface area contributed by atoms with Crippen LogP contribution < -0.4 is 0 Å². The standard InChI is InChI=1S/C11H19NO3/c1-12-9(5-6-10(12)13)8-15-11-4-2-3-7-14-11/h9,11H,2-8H2,1H3/t9-,11?/m0/s1. The van der Waals surface area contributed by atoms with Crippen LogP contribution in [0, 0.1) is 0 Å². The van der Waals surface area contributed by atoms with Crippen molar-refractivity contribution in [3.63, 3.8) is 0 Å². The van der Waals surface area contributed by atoms with Gasteiger partial charge in [-0.15, -0.1) is 0 Å². The Labute approximate surface area is 90.5 Å².